The van der Waals surface area contributed by atoms with Crippen molar-refractivity contribution in [3.05, 3.63) is 59.7 Å². The highest BCUT2D eigenvalue weighted by atomic mass is 33.5. The molecular weight excluding hydrogens is 381 g/mol. The van der Waals surface area contributed by atoms with Crippen LogP contribution in [0.5, 0.6) is 5.75 Å². The van der Waals surface area contributed by atoms with Gasteiger partial charge in [0, 0.05) is 16.4 Å². The van der Waals surface area contributed by atoms with Gasteiger partial charge in [-0.2, -0.15) is 0 Å². The molecule has 0 radical (unpaired) electrons. The summed E-state index contributed by atoms with van der Waals surface area (Å²) in [5.41, 5.74) is 2.19. The number of alkyl halides is 3. The first-order chi connectivity index (χ1) is 10.9. The minimum atomic E-state index is -4.64. The zero-order valence-electron chi connectivity index (χ0n) is 11.7. The van der Waals surface area contributed by atoms with E-state index in [1.54, 1.807) is 43.5 Å². The Morgan fingerprint density at radius 2 is 1.30 bits per heavy atom. The third-order valence-corrected chi connectivity index (χ3v) is 7.05. The van der Waals surface area contributed by atoms with Crippen LogP contribution in [0.1, 0.15) is 11.1 Å². The van der Waals surface area contributed by atoms with Crippen molar-refractivity contribution in [2.45, 2.75) is 22.8 Å². The summed E-state index contributed by atoms with van der Waals surface area (Å²) in [4.78, 5) is 0.943. The smallest absolute Gasteiger partial charge is 0.406 e. The van der Waals surface area contributed by atoms with Gasteiger partial charge in [-0.15, -0.1) is 25.8 Å². The summed E-state index contributed by atoms with van der Waals surface area (Å²) in [6, 6.07) is 14.0. The molecule has 0 saturated heterocycles. The number of rotatable bonds is 7. The summed E-state index contributed by atoms with van der Waals surface area (Å²) >= 11 is 4.24. The molecule has 2 aromatic rings. The summed E-state index contributed by atoms with van der Waals surface area (Å²) in [7, 11) is 5.04. The van der Waals surface area contributed by atoms with Crippen molar-refractivity contribution < 1.29 is 17.9 Å². The van der Waals surface area contributed by atoms with Crippen LogP contribution in [0.2, 0.25) is 0 Å². The molecule has 0 atom stereocenters. The topological polar surface area (TPSA) is 9.23 Å². The van der Waals surface area contributed by atoms with Crippen molar-refractivity contribution in [2.75, 3.05) is 0 Å². The number of thiol groups is 1. The molecule has 0 fully saturated rings. The number of hydrogen-bond donors (Lipinski definition) is 1. The van der Waals surface area contributed by atoms with E-state index in [4.69, 9.17) is 0 Å². The Balaban J connectivity index is 1.67. The van der Waals surface area contributed by atoms with Crippen LogP contribution in [0, 0.1) is 0 Å². The molecule has 0 heterocycles. The van der Waals surface area contributed by atoms with Crippen molar-refractivity contribution in [2.24, 2.45) is 0 Å². The molecular formula is C15H13F3OS4. The van der Waals surface area contributed by atoms with E-state index in [0.717, 1.165) is 22.0 Å². The van der Waals surface area contributed by atoms with Crippen molar-refractivity contribution in [1.29, 1.82) is 0 Å². The molecule has 1 nitrogen and oxygen atoms in total. The fourth-order valence-corrected chi connectivity index (χ4v) is 5.36. The maximum absolute atomic E-state index is 12.1. The Morgan fingerprint density at radius 1 is 0.826 bits per heavy atom. The van der Waals surface area contributed by atoms with Crippen molar-refractivity contribution >= 4 is 44.0 Å². The van der Waals surface area contributed by atoms with Gasteiger partial charge in [-0.25, -0.2) is 0 Å². The predicted molar refractivity (Wildman–Crippen MR) is 97.0 cm³/mol. The third kappa shape index (κ3) is 7.69. The zero-order valence-corrected chi connectivity index (χ0v) is 15.1. The van der Waals surface area contributed by atoms with Gasteiger partial charge in [0.25, 0.3) is 0 Å². The predicted octanol–water partition coefficient (Wildman–Crippen LogP) is 6.60. The number of hydrogen-bond acceptors (Lipinski definition) is 5. The Labute approximate surface area is 150 Å². The van der Waals surface area contributed by atoms with Crippen LogP contribution in [-0.2, 0) is 11.5 Å². The van der Waals surface area contributed by atoms with Gasteiger partial charge in [0.1, 0.15) is 5.75 Å². The van der Waals surface area contributed by atoms with E-state index in [1.165, 1.54) is 17.7 Å². The molecule has 0 aliphatic carbocycles. The van der Waals surface area contributed by atoms with Crippen LogP contribution in [0.25, 0.3) is 0 Å². The van der Waals surface area contributed by atoms with Crippen LogP contribution in [0.3, 0.4) is 0 Å². The van der Waals surface area contributed by atoms with Gasteiger partial charge in [-0.05, 0) is 45.2 Å². The summed E-state index contributed by atoms with van der Waals surface area (Å²) in [6.45, 7) is 0. The van der Waals surface area contributed by atoms with Crippen LogP contribution >= 0.6 is 44.0 Å². The molecule has 0 amide bonds. The van der Waals surface area contributed by atoms with Gasteiger partial charge in [0.2, 0.25) is 0 Å². The molecule has 23 heavy (non-hydrogen) atoms. The average molecular weight is 395 g/mol. The maximum atomic E-state index is 12.1. The summed E-state index contributed by atoms with van der Waals surface area (Å²) in [6.07, 6.45) is -4.64. The van der Waals surface area contributed by atoms with Crippen LogP contribution in [0.4, 0.5) is 13.2 Å². The highest BCUT2D eigenvalue weighted by molar-refractivity contribution is 9.09. The molecule has 0 aromatic heterocycles. The minimum Gasteiger partial charge on any atom is -0.406 e. The molecule has 0 saturated carbocycles. The number of benzene rings is 2. The molecule has 2 rings (SSSR count). The molecule has 8 heteroatoms. The third-order valence-electron chi connectivity index (χ3n) is 2.64. The van der Waals surface area contributed by atoms with Crippen LogP contribution in [-0.4, -0.2) is 6.36 Å². The lowest BCUT2D eigenvalue weighted by Crippen LogP contribution is -2.16. The molecule has 0 bridgehead atoms. The minimum absolute atomic E-state index is 0.194. The van der Waals surface area contributed by atoms with Gasteiger partial charge in [-0.3, -0.25) is 0 Å². The van der Waals surface area contributed by atoms with E-state index in [0.29, 0.717) is 0 Å². The first kappa shape index (κ1) is 18.8. The van der Waals surface area contributed by atoms with Gasteiger partial charge in [0.05, 0.1) is 0 Å². The average Bonchev–Trinajstić information content (AvgIpc) is 2.49. The normalized spacial score (nSPS) is 11.5. The lowest BCUT2D eigenvalue weighted by Gasteiger charge is -2.09. The molecule has 0 aliphatic rings. The summed E-state index contributed by atoms with van der Waals surface area (Å²) < 4.78 is 40.0. The van der Waals surface area contributed by atoms with E-state index in [1.807, 2.05) is 24.3 Å². The molecule has 0 unspecified atom stereocenters. The standard InChI is InChI=1S/C15H13F3OS4/c16-15(17,18)19-13-5-1-11(2-6-13)9-21-23-22-10-12-3-7-14(20)8-4-12/h1-8,20H,9-10H2. The largest absolute Gasteiger partial charge is 0.573 e. The molecule has 124 valence electrons. The van der Waals surface area contributed by atoms with Gasteiger partial charge in [0.15, 0.2) is 0 Å². The second-order valence-corrected chi connectivity index (χ2v) is 9.20. The highest BCUT2D eigenvalue weighted by Crippen LogP contribution is 2.39. The monoisotopic (exact) mass is 394 g/mol. The van der Waals surface area contributed by atoms with Gasteiger partial charge < -0.3 is 4.74 Å². The van der Waals surface area contributed by atoms with Gasteiger partial charge >= 0.3 is 6.36 Å². The molecule has 0 aliphatic heterocycles. The fourth-order valence-electron chi connectivity index (χ4n) is 1.60. The second-order valence-electron chi connectivity index (χ2n) is 4.45. The Morgan fingerprint density at radius 3 is 1.78 bits per heavy atom. The highest BCUT2D eigenvalue weighted by Gasteiger charge is 2.30. The first-order valence-electron chi connectivity index (χ1n) is 6.46. The van der Waals surface area contributed by atoms with Crippen molar-refractivity contribution in [3.63, 3.8) is 0 Å². The lowest BCUT2D eigenvalue weighted by molar-refractivity contribution is -0.274. The Kier molecular flexibility index (Phi) is 7.39. The van der Waals surface area contributed by atoms with E-state index in [9.17, 15) is 13.2 Å². The zero-order chi connectivity index (χ0) is 16.7. The number of ether oxygens (including phenoxy) is 1. The van der Waals surface area contributed by atoms with E-state index in [2.05, 4.69) is 17.4 Å². The maximum Gasteiger partial charge on any atom is 0.573 e. The van der Waals surface area contributed by atoms with Crippen molar-refractivity contribution in [3.8, 4) is 5.75 Å². The second kappa shape index (κ2) is 9.05. The summed E-state index contributed by atoms with van der Waals surface area (Å²) in [5, 5.41) is 0. The first-order valence-corrected chi connectivity index (χ1v) is 10.7. The van der Waals surface area contributed by atoms with E-state index in [-0.39, 0.29) is 5.75 Å². The summed E-state index contributed by atoms with van der Waals surface area (Å²) in [5.74, 6) is 1.42. The van der Waals surface area contributed by atoms with E-state index >= 15 is 0 Å². The fraction of sp³-hybridized carbons (Fsp3) is 0.200. The van der Waals surface area contributed by atoms with Crippen molar-refractivity contribution in [1.82, 2.24) is 0 Å². The Bertz CT molecular complexity index is 600. The quantitative estimate of drug-likeness (QED) is 0.321. The van der Waals surface area contributed by atoms with E-state index < -0.39 is 6.36 Å². The number of halogens is 3. The van der Waals surface area contributed by atoms with Crippen LogP contribution < -0.4 is 4.74 Å². The lowest BCUT2D eigenvalue weighted by atomic mass is 10.2. The van der Waals surface area contributed by atoms with Gasteiger partial charge in [-0.1, -0.05) is 45.9 Å². The molecule has 2 aromatic carbocycles. The SMILES string of the molecule is FC(F)(F)Oc1ccc(CSSSCc2ccc(S)cc2)cc1. The molecule has 0 N–H and O–H groups in total. The van der Waals surface area contributed by atoms with Crippen LogP contribution in [0.15, 0.2) is 53.4 Å². The Hall–Kier alpha value is -0.570. The molecule has 0 spiro atoms.